The topological polar surface area (TPSA) is 37.4 Å². The summed E-state index contributed by atoms with van der Waals surface area (Å²) in [5.74, 6) is 0. The van der Waals surface area contributed by atoms with Gasteiger partial charge in [-0.1, -0.05) is 17.7 Å². The Hall–Kier alpha value is -1.21. The van der Waals surface area contributed by atoms with Crippen molar-refractivity contribution in [1.29, 1.82) is 0 Å². The fourth-order valence-electron chi connectivity index (χ4n) is 3.41. The van der Waals surface area contributed by atoms with E-state index < -0.39 is 0 Å². The molecular formula is C17H18ClN3OS2. The predicted octanol–water partition coefficient (Wildman–Crippen LogP) is 3.95. The van der Waals surface area contributed by atoms with Gasteiger partial charge in [0.25, 0.3) is 0 Å². The largest absolute Gasteiger partial charge is 0.376 e. The fourth-order valence-corrected chi connectivity index (χ4v) is 4.93. The Balaban J connectivity index is 1.67. The van der Waals surface area contributed by atoms with Crippen LogP contribution < -0.4 is 5.32 Å². The quantitative estimate of drug-likeness (QED) is 0.814. The number of nitrogens with zero attached hydrogens (tertiary/aromatic N) is 2. The number of thiocarbonyl (C=S) groups is 1. The second-order valence-corrected chi connectivity index (χ2v) is 8.19. The highest BCUT2D eigenvalue weighted by Gasteiger charge is 2.41. The summed E-state index contributed by atoms with van der Waals surface area (Å²) in [5.41, 5.74) is 0.990. The number of halogens is 1. The zero-order valence-electron chi connectivity index (χ0n) is 13.0. The molecule has 2 saturated heterocycles. The molecule has 2 aromatic heterocycles. The van der Waals surface area contributed by atoms with Crippen LogP contribution in [0.1, 0.15) is 35.5 Å². The van der Waals surface area contributed by atoms with E-state index in [0.717, 1.165) is 41.1 Å². The molecule has 0 radical (unpaired) electrons. The van der Waals surface area contributed by atoms with E-state index in [4.69, 9.17) is 28.6 Å². The van der Waals surface area contributed by atoms with Crippen molar-refractivity contribution >= 4 is 40.3 Å². The van der Waals surface area contributed by atoms with Crippen LogP contribution in [0.4, 0.5) is 0 Å². The highest BCUT2D eigenvalue weighted by atomic mass is 35.5. The Morgan fingerprint density at radius 2 is 2.29 bits per heavy atom. The summed E-state index contributed by atoms with van der Waals surface area (Å²) in [6, 6.07) is 10.1. The molecule has 1 N–H and O–H groups in total. The molecule has 2 aliphatic rings. The van der Waals surface area contributed by atoms with Crippen LogP contribution in [0.3, 0.4) is 0 Å². The molecule has 0 saturated carbocycles. The van der Waals surface area contributed by atoms with Gasteiger partial charge >= 0.3 is 0 Å². The van der Waals surface area contributed by atoms with Crippen molar-refractivity contribution in [3.63, 3.8) is 0 Å². The van der Waals surface area contributed by atoms with Crippen LogP contribution in [0.5, 0.6) is 0 Å². The van der Waals surface area contributed by atoms with E-state index in [1.165, 1.54) is 4.88 Å². The van der Waals surface area contributed by atoms with Crippen LogP contribution in [0.15, 0.2) is 36.5 Å². The summed E-state index contributed by atoms with van der Waals surface area (Å²) < 4.78 is 6.62. The summed E-state index contributed by atoms with van der Waals surface area (Å²) >= 11 is 13.4. The van der Waals surface area contributed by atoms with E-state index in [0.29, 0.717) is 0 Å². The van der Waals surface area contributed by atoms with Gasteiger partial charge in [0.05, 0.1) is 28.2 Å². The Kier molecular flexibility index (Phi) is 4.72. The van der Waals surface area contributed by atoms with Crippen molar-refractivity contribution in [2.75, 3.05) is 13.2 Å². The molecule has 2 fully saturated rings. The lowest BCUT2D eigenvalue weighted by Gasteiger charge is -2.28. The fraction of sp³-hybridized carbons (Fsp3) is 0.412. The maximum Gasteiger partial charge on any atom is 0.170 e. The van der Waals surface area contributed by atoms with Gasteiger partial charge in [-0.15, -0.1) is 11.3 Å². The van der Waals surface area contributed by atoms with E-state index in [1.54, 1.807) is 11.3 Å². The summed E-state index contributed by atoms with van der Waals surface area (Å²) in [4.78, 5) is 7.97. The van der Waals surface area contributed by atoms with Crippen molar-refractivity contribution in [3.05, 3.63) is 51.4 Å². The molecule has 2 aromatic rings. The first kappa shape index (κ1) is 16.3. The zero-order valence-corrected chi connectivity index (χ0v) is 15.4. The Morgan fingerprint density at radius 1 is 1.38 bits per heavy atom. The van der Waals surface area contributed by atoms with Crippen LogP contribution >= 0.6 is 35.2 Å². The Bertz CT molecular complexity index is 718. The summed E-state index contributed by atoms with van der Waals surface area (Å²) in [7, 11) is 0. The SMILES string of the molecule is S=C1N[C@@H](c2ccccn2)[C@H](c2ccc(Cl)s2)N1C[C@@H]1CCCO1. The third kappa shape index (κ3) is 3.16. The van der Waals surface area contributed by atoms with Crippen molar-refractivity contribution < 1.29 is 4.74 Å². The monoisotopic (exact) mass is 379 g/mol. The molecule has 0 spiro atoms. The molecule has 24 heavy (non-hydrogen) atoms. The van der Waals surface area contributed by atoms with Gasteiger partial charge in [0.2, 0.25) is 0 Å². The van der Waals surface area contributed by atoms with Crippen LogP contribution in [-0.4, -0.2) is 34.3 Å². The van der Waals surface area contributed by atoms with Gasteiger partial charge in [-0.05, 0) is 49.3 Å². The molecule has 2 aliphatic heterocycles. The lowest BCUT2D eigenvalue weighted by atomic mass is 10.0. The summed E-state index contributed by atoms with van der Waals surface area (Å²) in [6.45, 7) is 1.65. The number of hydrogen-bond donors (Lipinski definition) is 1. The minimum Gasteiger partial charge on any atom is -0.376 e. The molecule has 3 atom stereocenters. The first-order valence-corrected chi connectivity index (χ1v) is 9.67. The third-order valence-electron chi connectivity index (χ3n) is 4.51. The van der Waals surface area contributed by atoms with Crippen LogP contribution in [0, 0.1) is 0 Å². The number of ether oxygens (including phenoxy) is 1. The average Bonchev–Trinajstić information content (AvgIpc) is 3.31. The third-order valence-corrected chi connectivity index (χ3v) is 6.16. The first-order valence-electron chi connectivity index (χ1n) is 8.07. The molecule has 4 rings (SSSR count). The predicted molar refractivity (Wildman–Crippen MR) is 100 cm³/mol. The zero-order chi connectivity index (χ0) is 16.5. The van der Waals surface area contributed by atoms with E-state index in [-0.39, 0.29) is 18.2 Å². The Morgan fingerprint density at radius 3 is 2.96 bits per heavy atom. The van der Waals surface area contributed by atoms with Crippen LogP contribution in [-0.2, 0) is 4.74 Å². The number of pyridine rings is 1. The molecule has 7 heteroatoms. The minimum atomic E-state index is 0.0230. The standard InChI is InChI=1S/C17H18ClN3OS2/c18-14-7-6-13(24-14)16-15(12-5-1-2-8-19-12)20-17(23)21(16)10-11-4-3-9-22-11/h1-2,5-8,11,15-16H,3-4,9-10H2,(H,20,23)/t11-,15-,16-/m0/s1. The molecule has 0 aromatic carbocycles. The molecule has 126 valence electrons. The van der Waals surface area contributed by atoms with E-state index in [9.17, 15) is 0 Å². The average molecular weight is 380 g/mol. The van der Waals surface area contributed by atoms with Gasteiger partial charge in [0.15, 0.2) is 5.11 Å². The second-order valence-electron chi connectivity index (χ2n) is 6.06. The highest BCUT2D eigenvalue weighted by molar-refractivity contribution is 7.80. The van der Waals surface area contributed by atoms with Crippen LogP contribution in [0.25, 0.3) is 0 Å². The second kappa shape index (κ2) is 6.96. The molecule has 4 nitrogen and oxygen atoms in total. The summed E-state index contributed by atoms with van der Waals surface area (Å²) in [5, 5.41) is 4.21. The van der Waals surface area contributed by atoms with E-state index in [1.807, 2.05) is 30.5 Å². The normalized spacial score (nSPS) is 26.8. The number of aromatic nitrogens is 1. The maximum absolute atomic E-state index is 6.19. The molecular weight excluding hydrogens is 362 g/mol. The number of nitrogens with one attached hydrogen (secondary N) is 1. The smallest absolute Gasteiger partial charge is 0.170 e. The van der Waals surface area contributed by atoms with Crippen molar-refractivity contribution in [2.24, 2.45) is 0 Å². The van der Waals surface area contributed by atoms with Gasteiger partial charge in [0.1, 0.15) is 0 Å². The number of rotatable bonds is 4. The van der Waals surface area contributed by atoms with Crippen molar-refractivity contribution in [3.8, 4) is 0 Å². The van der Waals surface area contributed by atoms with E-state index >= 15 is 0 Å². The van der Waals surface area contributed by atoms with Crippen molar-refractivity contribution in [1.82, 2.24) is 15.2 Å². The highest BCUT2D eigenvalue weighted by Crippen LogP contribution is 2.42. The van der Waals surface area contributed by atoms with Crippen molar-refractivity contribution in [2.45, 2.75) is 31.0 Å². The molecule has 0 amide bonds. The lowest BCUT2D eigenvalue weighted by Crippen LogP contribution is -2.36. The van der Waals surface area contributed by atoms with Gasteiger partial charge in [0, 0.05) is 24.2 Å². The van der Waals surface area contributed by atoms with Gasteiger partial charge in [-0.25, -0.2) is 0 Å². The molecule has 0 bridgehead atoms. The lowest BCUT2D eigenvalue weighted by molar-refractivity contribution is 0.0846. The van der Waals surface area contributed by atoms with Crippen LogP contribution in [0.2, 0.25) is 4.34 Å². The molecule has 4 heterocycles. The molecule has 0 aliphatic carbocycles. The van der Waals surface area contributed by atoms with Gasteiger partial charge < -0.3 is 15.0 Å². The van der Waals surface area contributed by atoms with Gasteiger partial charge in [-0.3, -0.25) is 4.98 Å². The van der Waals surface area contributed by atoms with E-state index in [2.05, 4.69) is 21.3 Å². The minimum absolute atomic E-state index is 0.0230. The van der Waals surface area contributed by atoms with Gasteiger partial charge in [-0.2, -0.15) is 0 Å². The summed E-state index contributed by atoms with van der Waals surface area (Å²) in [6.07, 6.45) is 4.27. The molecule has 0 unspecified atom stereocenters. The number of thiophene rings is 1. The Labute approximate surface area is 155 Å². The maximum atomic E-state index is 6.19. The first-order chi connectivity index (χ1) is 11.7. The number of hydrogen-bond acceptors (Lipinski definition) is 4.